The molecule has 1 aliphatic rings. The Hall–Kier alpha value is -4.54. The summed E-state index contributed by atoms with van der Waals surface area (Å²) in [4.78, 5) is 13.6. The highest BCUT2D eigenvalue weighted by Crippen LogP contribution is 2.35. The molecule has 36 heavy (non-hydrogen) atoms. The zero-order chi connectivity index (χ0) is 25.0. The molecule has 2 aromatic heterocycles. The summed E-state index contributed by atoms with van der Waals surface area (Å²) in [5, 5.41) is 11.5. The number of aromatic nitrogens is 3. The summed E-state index contributed by atoms with van der Waals surface area (Å²) < 4.78 is 51.4. The van der Waals surface area contributed by atoms with E-state index in [9.17, 15) is 9.18 Å². The second kappa shape index (κ2) is 8.29. The van der Waals surface area contributed by atoms with E-state index in [1.165, 1.54) is 33.8 Å². The normalized spacial score (nSPS) is 14.1. The highest BCUT2D eigenvalue weighted by molar-refractivity contribution is 5.94. The van der Waals surface area contributed by atoms with Crippen LogP contribution >= 0.6 is 0 Å². The average Bonchev–Trinajstić information content (AvgIpc) is 3.45. The summed E-state index contributed by atoms with van der Waals surface area (Å²) >= 11 is 0. The molecular weight excluding hydrogens is 473 g/mol. The number of amides is 2. The summed E-state index contributed by atoms with van der Waals surface area (Å²) in [5.41, 5.74) is 7.08. The first-order valence-corrected chi connectivity index (χ1v) is 11.2. The number of urea groups is 1. The van der Waals surface area contributed by atoms with Crippen LogP contribution in [0.5, 0.6) is 0 Å². The quantitative estimate of drug-likeness (QED) is 0.364. The van der Waals surface area contributed by atoms with E-state index in [1.807, 2.05) is 0 Å². The standard InChI is InChI=1S/C25H19F3N6O2/c26-12-20-17-6-5-16(15-4-2-13(11-19(15)27)33-9-1-8-30-25(33)35)22(28)23(17)34(31-20)14-3-7-21-18(10-14)24(29)32-36-21/h2-7,10-11H,1,8-9,12H2,(H2,29,32)(H,30,35). The van der Waals surface area contributed by atoms with Crippen LogP contribution in [-0.2, 0) is 6.67 Å². The van der Waals surface area contributed by atoms with Crippen LogP contribution in [0.3, 0.4) is 0 Å². The Balaban J connectivity index is 1.49. The Morgan fingerprint density at radius 3 is 2.61 bits per heavy atom. The molecule has 0 radical (unpaired) electrons. The fourth-order valence-electron chi connectivity index (χ4n) is 4.57. The molecule has 8 nitrogen and oxygen atoms in total. The Kier molecular flexibility index (Phi) is 5.06. The van der Waals surface area contributed by atoms with Crippen molar-refractivity contribution in [3.8, 4) is 16.8 Å². The van der Waals surface area contributed by atoms with Gasteiger partial charge in [-0.2, -0.15) is 5.10 Å². The summed E-state index contributed by atoms with van der Waals surface area (Å²) in [7, 11) is 0. The molecule has 0 unspecified atom stereocenters. The van der Waals surface area contributed by atoms with Gasteiger partial charge < -0.3 is 15.6 Å². The number of alkyl halides is 1. The second-order valence-corrected chi connectivity index (χ2v) is 8.46. The SMILES string of the molecule is Nc1noc2ccc(-n3nc(CF)c4ccc(-c5ccc(N6CCCNC6=O)cc5F)c(F)c43)cc12. The summed E-state index contributed by atoms with van der Waals surface area (Å²) in [5.74, 6) is -1.31. The number of nitrogens with zero attached hydrogens (tertiary/aromatic N) is 4. The van der Waals surface area contributed by atoms with Crippen LogP contribution < -0.4 is 16.0 Å². The van der Waals surface area contributed by atoms with Gasteiger partial charge in [-0.25, -0.2) is 22.6 Å². The maximum atomic E-state index is 16.0. The van der Waals surface area contributed by atoms with Crippen molar-refractivity contribution in [1.82, 2.24) is 20.3 Å². The second-order valence-electron chi connectivity index (χ2n) is 8.46. The number of nitrogens with one attached hydrogen (secondary N) is 1. The van der Waals surface area contributed by atoms with Gasteiger partial charge in [-0.15, -0.1) is 0 Å². The minimum absolute atomic E-state index is 0.00356. The van der Waals surface area contributed by atoms with E-state index in [-0.39, 0.29) is 39.6 Å². The molecule has 3 aromatic carbocycles. The lowest BCUT2D eigenvalue weighted by Gasteiger charge is -2.27. The van der Waals surface area contributed by atoms with E-state index in [1.54, 1.807) is 24.3 Å². The first-order chi connectivity index (χ1) is 17.5. The lowest BCUT2D eigenvalue weighted by molar-refractivity contribution is 0.243. The van der Waals surface area contributed by atoms with Crippen molar-refractivity contribution in [2.75, 3.05) is 23.7 Å². The van der Waals surface area contributed by atoms with Crippen LogP contribution in [0.2, 0.25) is 0 Å². The molecule has 5 aromatic rings. The Bertz CT molecular complexity index is 1660. The molecule has 3 N–H and O–H groups in total. The fourth-order valence-corrected chi connectivity index (χ4v) is 4.57. The number of halogens is 3. The number of fused-ring (bicyclic) bond motifs is 2. The van der Waals surface area contributed by atoms with E-state index in [4.69, 9.17) is 10.3 Å². The van der Waals surface area contributed by atoms with Crippen LogP contribution in [0, 0.1) is 11.6 Å². The van der Waals surface area contributed by atoms with Crippen molar-refractivity contribution >= 4 is 39.4 Å². The minimum atomic E-state index is -0.916. The highest BCUT2D eigenvalue weighted by atomic mass is 19.1. The molecule has 1 aliphatic heterocycles. The number of nitrogen functional groups attached to an aromatic ring is 1. The molecule has 6 rings (SSSR count). The zero-order valence-corrected chi connectivity index (χ0v) is 18.8. The number of carbonyl (C=O) groups excluding carboxylic acids is 1. The molecule has 2 amide bonds. The monoisotopic (exact) mass is 492 g/mol. The summed E-state index contributed by atoms with van der Waals surface area (Å²) in [6.45, 7) is 0.102. The minimum Gasteiger partial charge on any atom is -0.380 e. The van der Waals surface area contributed by atoms with Gasteiger partial charge in [0.2, 0.25) is 0 Å². The summed E-state index contributed by atoms with van der Waals surface area (Å²) in [6, 6.07) is 11.6. The number of hydrogen-bond acceptors (Lipinski definition) is 5. The van der Waals surface area contributed by atoms with Gasteiger partial charge in [-0.3, -0.25) is 4.90 Å². The van der Waals surface area contributed by atoms with Gasteiger partial charge in [0, 0.05) is 35.3 Å². The Morgan fingerprint density at radius 1 is 1.03 bits per heavy atom. The molecule has 11 heteroatoms. The largest absolute Gasteiger partial charge is 0.380 e. The van der Waals surface area contributed by atoms with Crippen LogP contribution in [0.15, 0.2) is 53.1 Å². The van der Waals surface area contributed by atoms with Crippen LogP contribution in [0.25, 0.3) is 38.7 Å². The van der Waals surface area contributed by atoms with Crippen molar-refractivity contribution in [1.29, 1.82) is 0 Å². The zero-order valence-electron chi connectivity index (χ0n) is 18.8. The van der Waals surface area contributed by atoms with Crippen LogP contribution in [0.1, 0.15) is 12.1 Å². The molecule has 1 saturated heterocycles. The van der Waals surface area contributed by atoms with Crippen molar-refractivity contribution in [3.05, 3.63) is 65.9 Å². The topological polar surface area (TPSA) is 102 Å². The number of nitrogens with two attached hydrogens (primary N) is 1. The molecule has 0 aliphatic carbocycles. The molecule has 3 heterocycles. The number of carbonyl (C=O) groups is 1. The predicted octanol–water partition coefficient (Wildman–Crippen LogP) is 5.08. The third-order valence-electron chi connectivity index (χ3n) is 6.35. The third-order valence-corrected chi connectivity index (χ3v) is 6.35. The first-order valence-electron chi connectivity index (χ1n) is 11.2. The highest BCUT2D eigenvalue weighted by Gasteiger charge is 2.24. The molecule has 182 valence electrons. The Labute approximate surface area is 202 Å². The molecular formula is C25H19F3N6O2. The van der Waals surface area contributed by atoms with Gasteiger partial charge in [0.05, 0.1) is 11.1 Å². The van der Waals surface area contributed by atoms with E-state index >= 15 is 8.78 Å². The van der Waals surface area contributed by atoms with Crippen LogP contribution in [-0.4, -0.2) is 34.1 Å². The van der Waals surface area contributed by atoms with Crippen molar-refractivity contribution in [2.45, 2.75) is 13.1 Å². The molecule has 0 atom stereocenters. The third kappa shape index (κ3) is 3.35. The molecule has 1 fully saturated rings. The van der Waals surface area contributed by atoms with Gasteiger partial charge in [0.25, 0.3) is 0 Å². The van der Waals surface area contributed by atoms with Gasteiger partial charge in [-0.1, -0.05) is 11.2 Å². The van der Waals surface area contributed by atoms with E-state index in [0.717, 1.165) is 6.42 Å². The maximum absolute atomic E-state index is 16.0. The molecule has 0 bridgehead atoms. The Morgan fingerprint density at radius 2 is 1.83 bits per heavy atom. The van der Waals surface area contributed by atoms with Crippen LogP contribution in [0.4, 0.5) is 29.5 Å². The first kappa shape index (κ1) is 22.0. The lowest BCUT2D eigenvalue weighted by atomic mass is 10.0. The van der Waals surface area contributed by atoms with Gasteiger partial charge >= 0.3 is 6.03 Å². The number of rotatable bonds is 4. The van der Waals surface area contributed by atoms with Crippen molar-refractivity contribution in [3.63, 3.8) is 0 Å². The summed E-state index contributed by atoms with van der Waals surface area (Å²) in [6.07, 6.45) is 0.730. The van der Waals surface area contributed by atoms with Crippen molar-refractivity contribution in [2.24, 2.45) is 0 Å². The fraction of sp³-hybridized carbons (Fsp3) is 0.160. The number of benzene rings is 3. The van der Waals surface area contributed by atoms with Gasteiger partial charge in [-0.05, 0) is 48.9 Å². The number of anilines is 2. The average molecular weight is 492 g/mol. The molecule has 0 saturated carbocycles. The predicted molar refractivity (Wildman–Crippen MR) is 129 cm³/mol. The van der Waals surface area contributed by atoms with E-state index in [2.05, 4.69) is 15.6 Å². The van der Waals surface area contributed by atoms with Crippen molar-refractivity contribution < 1.29 is 22.5 Å². The maximum Gasteiger partial charge on any atom is 0.321 e. The van der Waals surface area contributed by atoms with E-state index < -0.39 is 18.3 Å². The van der Waals surface area contributed by atoms with Gasteiger partial charge in [0.15, 0.2) is 17.2 Å². The van der Waals surface area contributed by atoms with E-state index in [0.29, 0.717) is 35.4 Å². The molecule has 0 spiro atoms. The lowest BCUT2D eigenvalue weighted by Crippen LogP contribution is -2.46. The smallest absolute Gasteiger partial charge is 0.321 e. The number of hydrogen-bond donors (Lipinski definition) is 2. The van der Waals surface area contributed by atoms with Gasteiger partial charge in [0.1, 0.15) is 23.7 Å².